The summed E-state index contributed by atoms with van der Waals surface area (Å²) in [6, 6.07) is -1.41. The molecule has 0 aliphatic rings. The molecule has 0 aromatic heterocycles. The van der Waals surface area contributed by atoms with Gasteiger partial charge in [0, 0.05) is 27.1 Å². The van der Waals surface area contributed by atoms with Crippen LogP contribution in [0.5, 0.6) is 0 Å². The summed E-state index contributed by atoms with van der Waals surface area (Å²) in [6.45, 7) is 3.87. The molecule has 0 aliphatic carbocycles. The third-order valence-corrected chi connectivity index (χ3v) is 3.06. The molecule has 0 bridgehead atoms. The summed E-state index contributed by atoms with van der Waals surface area (Å²) >= 11 is 0. The molecule has 0 saturated heterocycles. The van der Waals surface area contributed by atoms with Gasteiger partial charge in [-0.15, -0.1) is 0 Å². The highest BCUT2D eigenvalue weighted by Gasteiger charge is 2.26. The predicted molar refractivity (Wildman–Crippen MR) is 70.7 cm³/mol. The highest BCUT2D eigenvalue weighted by molar-refractivity contribution is 5.83. The number of aliphatic carboxylic acids is 1. The average molecular weight is 273 g/mol. The zero-order valence-electron chi connectivity index (χ0n) is 11.9. The Balaban J connectivity index is 4.39. The van der Waals surface area contributed by atoms with Crippen LogP contribution in [-0.4, -0.2) is 54.6 Å². The summed E-state index contributed by atoms with van der Waals surface area (Å²) in [5.74, 6) is -1.38. The number of carboxylic acid groups (broad SMARTS) is 1. The topological polar surface area (TPSA) is 98.7 Å². The fourth-order valence-corrected chi connectivity index (χ4v) is 1.42. The van der Waals surface area contributed by atoms with Crippen molar-refractivity contribution in [2.45, 2.75) is 32.7 Å². The number of urea groups is 1. The van der Waals surface area contributed by atoms with E-state index in [1.807, 2.05) is 6.92 Å². The molecule has 0 radical (unpaired) electrons. The number of carboxylic acids is 1. The number of hydrogen-bond acceptors (Lipinski definition) is 3. The first kappa shape index (κ1) is 17.2. The number of nitrogens with zero attached hydrogens (tertiary/aromatic N) is 1. The maximum absolute atomic E-state index is 11.8. The van der Waals surface area contributed by atoms with Crippen LogP contribution in [0.15, 0.2) is 0 Å². The van der Waals surface area contributed by atoms with E-state index in [9.17, 15) is 14.4 Å². The molecule has 0 rings (SSSR count). The molecule has 0 heterocycles. The zero-order chi connectivity index (χ0) is 15.0. The van der Waals surface area contributed by atoms with Crippen molar-refractivity contribution >= 4 is 17.9 Å². The quantitative estimate of drug-likeness (QED) is 0.619. The van der Waals surface area contributed by atoms with Crippen LogP contribution >= 0.6 is 0 Å². The Morgan fingerprint density at radius 3 is 2.32 bits per heavy atom. The molecule has 0 aromatic carbocycles. The molecule has 3 N–H and O–H groups in total. The van der Waals surface area contributed by atoms with Crippen LogP contribution in [0.4, 0.5) is 4.79 Å². The number of carbonyl (C=O) groups excluding carboxylic acids is 2. The Morgan fingerprint density at radius 1 is 1.32 bits per heavy atom. The lowest BCUT2D eigenvalue weighted by atomic mass is 9.99. The number of nitrogens with one attached hydrogen (secondary N) is 2. The van der Waals surface area contributed by atoms with Gasteiger partial charge in [0.15, 0.2) is 0 Å². The fraction of sp³-hybridized carbons (Fsp3) is 0.750. The van der Waals surface area contributed by atoms with Crippen molar-refractivity contribution in [2.24, 2.45) is 5.92 Å². The Hall–Kier alpha value is -1.79. The maximum atomic E-state index is 11.8. The Morgan fingerprint density at radius 2 is 1.89 bits per heavy atom. The largest absolute Gasteiger partial charge is 0.480 e. The van der Waals surface area contributed by atoms with Gasteiger partial charge < -0.3 is 20.6 Å². The standard InChI is InChI=1S/C12H23N3O4/c1-5-8(2)10(11(17)18)14-12(19)15(4)7-6-9(16)13-3/h8,10H,5-7H2,1-4H3,(H,13,16)(H,14,19)(H,17,18)/t8?,10-/m0/s1. The van der Waals surface area contributed by atoms with Gasteiger partial charge in [-0.1, -0.05) is 20.3 Å². The third-order valence-electron chi connectivity index (χ3n) is 3.06. The van der Waals surface area contributed by atoms with E-state index in [0.29, 0.717) is 6.42 Å². The van der Waals surface area contributed by atoms with E-state index in [-0.39, 0.29) is 24.8 Å². The van der Waals surface area contributed by atoms with E-state index in [2.05, 4.69) is 10.6 Å². The average Bonchev–Trinajstić information content (AvgIpc) is 2.39. The van der Waals surface area contributed by atoms with E-state index in [0.717, 1.165) is 0 Å². The lowest BCUT2D eigenvalue weighted by Crippen LogP contribution is -2.50. The van der Waals surface area contributed by atoms with Crippen LogP contribution < -0.4 is 10.6 Å². The van der Waals surface area contributed by atoms with Gasteiger partial charge in [-0.25, -0.2) is 9.59 Å². The molecule has 2 atom stereocenters. The van der Waals surface area contributed by atoms with Crippen LogP contribution in [-0.2, 0) is 9.59 Å². The minimum Gasteiger partial charge on any atom is -0.480 e. The van der Waals surface area contributed by atoms with Gasteiger partial charge in [0.1, 0.15) is 6.04 Å². The lowest BCUT2D eigenvalue weighted by molar-refractivity contribution is -0.140. The van der Waals surface area contributed by atoms with Crippen molar-refractivity contribution in [3.63, 3.8) is 0 Å². The normalized spacial score (nSPS) is 13.3. The summed E-state index contributed by atoms with van der Waals surface area (Å²) < 4.78 is 0. The highest BCUT2D eigenvalue weighted by Crippen LogP contribution is 2.08. The first-order valence-electron chi connectivity index (χ1n) is 6.28. The molecule has 19 heavy (non-hydrogen) atoms. The number of rotatable bonds is 7. The summed E-state index contributed by atoms with van der Waals surface area (Å²) in [6.07, 6.45) is 0.834. The van der Waals surface area contributed by atoms with Gasteiger partial charge in [-0.2, -0.15) is 0 Å². The number of hydrogen-bond donors (Lipinski definition) is 3. The molecule has 0 fully saturated rings. The second-order valence-electron chi connectivity index (χ2n) is 4.50. The SMILES string of the molecule is CCC(C)[C@H](NC(=O)N(C)CCC(=O)NC)C(=O)O. The smallest absolute Gasteiger partial charge is 0.326 e. The molecule has 1 unspecified atom stereocenters. The Kier molecular flexibility index (Phi) is 7.55. The maximum Gasteiger partial charge on any atom is 0.326 e. The molecule has 7 heteroatoms. The monoisotopic (exact) mass is 273 g/mol. The van der Waals surface area contributed by atoms with Gasteiger partial charge in [0.2, 0.25) is 5.91 Å². The van der Waals surface area contributed by atoms with E-state index in [1.165, 1.54) is 19.0 Å². The second kappa shape index (κ2) is 8.34. The van der Waals surface area contributed by atoms with Crippen molar-refractivity contribution in [3.05, 3.63) is 0 Å². The Labute approximate surface area is 113 Å². The molecule has 110 valence electrons. The van der Waals surface area contributed by atoms with Crippen molar-refractivity contribution in [2.75, 3.05) is 20.6 Å². The third kappa shape index (κ3) is 6.08. The van der Waals surface area contributed by atoms with Gasteiger partial charge in [-0.3, -0.25) is 4.79 Å². The van der Waals surface area contributed by atoms with Crippen molar-refractivity contribution in [1.82, 2.24) is 15.5 Å². The number of carbonyl (C=O) groups is 3. The minimum absolute atomic E-state index is 0.159. The van der Waals surface area contributed by atoms with Gasteiger partial charge in [0.25, 0.3) is 0 Å². The highest BCUT2D eigenvalue weighted by atomic mass is 16.4. The van der Waals surface area contributed by atoms with E-state index >= 15 is 0 Å². The van der Waals surface area contributed by atoms with Gasteiger partial charge in [0.05, 0.1) is 0 Å². The summed E-state index contributed by atoms with van der Waals surface area (Å²) in [4.78, 5) is 35.2. The fourth-order valence-electron chi connectivity index (χ4n) is 1.42. The van der Waals surface area contributed by atoms with Crippen molar-refractivity contribution in [1.29, 1.82) is 0 Å². The van der Waals surface area contributed by atoms with Crippen molar-refractivity contribution < 1.29 is 19.5 Å². The Bertz CT molecular complexity index is 333. The second-order valence-corrected chi connectivity index (χ2v) is 4.50. The van der Waals surface area contributed by atoms with Crippen molar-refractivity contribution in [3.8, 4) is 0 Å². The van der Waals surface area contributed by atoms with E-state index in [1.54, 1.807) is 6.92 Å². The van der Waals surface area contributed by atoms with Crippen LogP contribution in [0.2, 0.25) is 0 Å². The predicted octanol–water partition coefficient (Wildman–Crippen LogP) is 0.263. The van der Waals surface area contributed by atoms with Crippen LogP contribution in [0.25, 0.3) is 0 Å². The van der Waals surface area contributed by atoms with Crippen LogP contribution in [0.1, 0.15) is 26.7 Å². The minimum atomic E-state index is -1.05. The van der Waals surface area contributed by atoms with Crippen LogP contribution in [0, 0.1) is 5.92 Å². The summed E-state index contributed by atoms with van der Waals surface area (Å²) in [7, 11) is 3.04. The molecule has 0 spiro atoms. The molecule has 0 aromatic rings. The van der Waals surface area contributed by atoms with E-state index in [4.69, 9.17) is 5.11 Å². The molecule has 0 saturated carbocycles. The molecule has 3 amide bonds. The summed E-state index contributed by atoms with van der Waals surface area (Å²) in [5, 5.41) is 14.0. The summed E-state index contributed by atoms with van der Waals surface area (Å²) in [5.41, 5.74) is 0. The van der Waals surface area contributed by atoms with Gasteiger partial charge >= 0.3 is 12.0 Å². The molecule has 0 aliphatic heterocycles. The van der Waals surface area contributed by atoms with Gasteiger partial charge in [-0.05, 0) is 5.92 Å². The first-order chi connectivity index (χ1) is 8.83. The van der Waals surface area contributed by atoms with E-state index < -0.39 is 18.0 Å². The molecular weight excluding hydrogens is 250 g/mol. The first-order valence-corrected chi connectivity index (χ1v) is 6.28. The lowest BCUT2D eigenvalue weighted by Gasteiger charge is -2.24. The van der Waals surface area contributed by atoms with Crippen LogP contribution in [0.3, 0.4) is 0 Å². The zero-order valence-corrected chi connectivity index (χ0v) is 11.9. The number of amides is 3. The molecular formula is C12H23N3O4. The molecule has 7 nitrogen and oxygen atoms in total.